The number of aliphatic hydroxyl groups is 1. The number of nitrogens with two attached hydrogens (primary N) is 1. The molecule has 0 saturated carbocycles. The highest BCUT2D eigenvalue weighted by molar-refractivity contribution is 5.76. The standard InChI is InChI=1S/C26H31FN8O2/c1-26(2,37)24(35(15-21(27)13-28)23(36)17-34-18-29-31-32-34)25-30-22(20-11-7-4-8-12-20)16-33(25)14-19-9-5-3-6-10-19/h3-12,16,18,21,24,37H,13-15,17,28H2,1-2H3/t21-,24-/m0/s1. The Morgan fingerprint density at radius 2 is 1.81 bits per heavy atom. The first kappa shape index (κ1) is 26.1. The first-order valence-electron chi connectivity index (χ1n) is 12.0. The Morgan fingerprint density at radius 1 is 1.14 bits per heavy atom. The molecule has 1 amide bonds. The summed E-state index contributed by atoms with van der Waals surface area (Å²) in [7, 11) is 0. The Bertz CT molecular complexity index is 1270. The zero-order chi connectivity index (χ0) is 26.4. The summed E-state index contributed by atoms with van der Waals surface area (Å²) in [6, 6.07) is 18.4. The number of halogens is 1. The molecule has 2 atom stereocenters. The summed E-state index contributed by atoms with van der Waals surface area (Å²) in [6.07, 6.45) is 1.68. The van der Waals surface area contributed by atoms with Gasteiger partial charge < -0.3 is 20.3 Å². The van der Waals surface area contributed by atoms with Crippen LogP contribution in [0.5, 0.6) is 0 Å². The van der Waals surface area contributed by atoms with Crippen LogP contribution in [0.15, 0.2) is 73.2 Å². The maximum Gasteiger partial charge on any atom is 0.245 e. The number of aromatic nitrogens is 6. The number of nitrogens with zero attached hydrogens (tertiary/aromatic N) is 7. The molecule has 0 aliphatic carbocycles. The van der Waals surface area contributed by atoms with Crippen LogP contribution in [0, 0.1) is 0 Å². The fourth-order valence-corrected chi connectivity index (χ4v) is 4.26. The summed E-state index contributed by atoms with van der Waals surface area (Å²) >= 11 is 0. The zero-order valence-corrected chi connectivity index (χ0v) is 20.9. The lowest BCUT2D eigenvalue weighted by Crippen LogP contribution is -2.50. The van der Waals surface area contributed by atoms with E-state index < -0.39 is 23.7 Å². The molecule has 0 aliphatic heterocycles. The fraction of sp³-hybridized carbons (Fsp3) is 0.346. The summed E-state index contributed by atoms with van der Waals surface area (Å²) < 4.78 is 17.9. The van der Waals surface area contributed by atoms with Crippen molar-refractivity contribution in [3.05, 3.63) is 84.6 Å². The normalized spacial score (nSPS) is 13.3. The minimum atomic E-state index is -1.51. The van der Waals surface area contributed by atoms with E-state index in [4.69, 9.17) is 10.7 Å². The molecule has 0 saturated heterocycles. The Morgan fingerprint density at radius 3 is 2.41 bits per heavy atom. The van der Waals surface area contributed by atoms with Crippen LogP contribution >= 0.6 is 0 Å². The van der Waals surface area contributed by atoms with Crippen LogP contribution in [-0.2, 0) is 17.9 Å². The SMILES string of the molecule is CC(C)(O)[C@H](c1nc(-c2ccccc2)cn1Cc1ccccc1)N(C[C@@H](F)CN)C(=O)Cn1cnnn1. The molecule has 0 aliphatic rings. The molecule has 3 N–H and O–H groups in total. The fourth-order valence-electron chi connectivity index (χ4n) is 4.26. The molecular formula is C26H31FN8O2. The van der Waals surface area contributed by atoms with E-state index in [1.165, 1.54) is 15.9 Å². The van der Waals surface area contributed by atoms with E-state index >= 15 is 0 Å². The molecule has 4 rings (SSSR count). The van der Waals surface area contributed by atoms with Gasteiger partial charge in [-0.2, -0.15) is 0 Å². The van der Waals surface area contributed by atoms with Crippen LogP contribution in [0.25, 0.3) is 11.3 Å². The number of alkyl halides is 1. The van der Waals surface area contributed by atoms with E-state index in [-0.39, 0.29) is 19.6 Å². The highest BCUT2D eigenvalue weighted by Gasteiger charge is 2.41. The minimum Gasteiger partial charge on any atom is -0.388 e. The summed E-state index contributed by atoms with van der Waals surface area (Å²) in [5.41, 5.74) is 6.65. The van der Waals surface area contributed by atoms with Gasteiger partial charge in [-0.15, -0.1) is 5.10 Å². The number of hydrogen-bond donors (Lipinski definition) is 2. The van der Waals surface area contributed by atoms with Gasteiger partial charge in [-0.3, -0.25) is 4.79 Å². The van der Waals surface area contributed by atoms with Gasteiger partial charge in [-0.1, -0.05) is 60.7 Å². The average molecular weight is 507 g/mol. The van der Waals surface area contributed by atoms with Crippen molar-refractivity contribution >= 4 is 5.91 Å². The first-order valence-corrected chi connectivity index (χ1v) is 12.0. The van der Waals surface area contributed by atoms with E-state index in [9.17, 15) is 14.3 Å². The Hall–Kier alpha value is -3.96. The molecule has 0 spiro atoms. The Balaban J connectivity index is 1.83. The Kier molecular flexibility index (Phi) is 8.04. The number of hydrogen-bond acceptors (Lipinski definition) is 7. The van der Waals surface area contributed by atoms with Crippen LogP contribution in [0.2, 0.25) is 0 Å². The molecule has 0 unspecified atom stereocenters. The summed E-state index contributed by atoms with van der Waals surface area (Å²) in [6.45, 7) is 2.75. The van der Waals surface area contributed by atoms with E-state index in [2.05, 4.69) is 15.5 Å². The predicted octanol–water partition coefficient (Wildman–Crippen LogP) is 2.22. The molecule has 2 heterocycles. The van der Waals surface area contributed by atoms with Gasteiger partial charge in [-0.05, 0) is 29.8 Å². The maximum absolute atomic E-state index is 14.7. The number of benzene rings is 2. The summed E-state index contributed by atoms with van der Waals surface area (Å²) in [4.78, 5) is 19.7. The molecule has 10 nitrogen and oxygen atoms in total. The molecule has 2 aromatic carbocycles. The lowest BCUT2D eigenvalue weighted by Gasteiger charge is -2.39. The van der Waals surface area contributed by atoms with Gasteiger partial charge in [0.05, 0.1) is 17.8 Å². The minimum absolute atomic E-state index is 0.234. The topological polar surface area (TPSA) is 128 Å². The number of carbonyl (C=O) groups is 1. The van der Waals surface area contributed by atoms with Gasteiger partial charge in [0.15, 0.2) is 0 Å². The van der Waals surface area contributed by atoms with E-state index in [1.807, 2.05) is 71.4 Å². The van der Waals surface area contributed by atoms with Gasteiger partial charge in [0.25, 0.3) is 0 Å². The second kappa shape index (κ2) is 11.4. The van der Waals surface area contributed by atoms with E-state index in [0.717, 1.165) is 11.1 Å². The van der Waals surface area contributed by atoms with Crippen molar-refractivity contribution in [3.63, 3.8) is 0 Å². The van der Waals surface area contributed by atoms with Gasteiger partial charge >= 0.3 is 0 Å². The zero-order valence-electron chi connectivity index (χ0n) is 20.9. The summed E-state index contributed by atoms with van der Waals surface area (Å²) in [5.74, 6) is -0.0597. The van der Waals surface area contributed by atoms with Crippen molar-refractivity contribution in [1.29, 1.82) is 0 Å². The second-order valence-corrected chi connectivity index (χ2v) is 9.41. The van der Waals surface area contributed by atoms with Crippen molar-refractivity contribution in [2.45, 2.75) is 44.8 Å². The van der Waals surface area contributed by atoms with E-state index in [1.54, 1.807) is 13.8 Å². The maximum atomic E-state index is 14.7. The number of rotatable bonds is 11. The highest BCUT2D eigenvalue weighted by atomic mass is 19.1. The van der Waals surface area contributed by atoms with Crippen molar-refractivity contribution < 1.29 is 14.3 Å². The first-order chi connectivity index (χ1) is 17.8. The highest BCUT2D eigenvalue weighted by Crippen LogP contribution is 2.34. The van der Waals surface area contributed by atoms with Crippen LogP contribution < -0.4 is 5.73 Å². The van der Waals surface area contributed by atoms with Gasteiger partial charge in [0.2, 0.25) is 5.91 Å². The number of tetrazole rings is 1. The molecule has 194 valence electrons. The van der Waals surface area contributed by atoms with E-state index in [0.29, 0.717) is 18.1 Å². The average Bonchev–Trinajstić information content (AvgIpc) is 3.54. The van der Waals surface area contributed by atoms with Crippen molar-refractivity contribution in [2.75, 3.05) is 13.1 Å². The molecule has 0 bridgehead atoms. The molecule has 11 heteroatoms. The molecule has 2 aromatic heterocycles. The van der Waals surface area contributed by atoms with Crippen molar-refractivity contribution in [1.82, 2.24) is 34.7 Å². The Labute approximate surface area is 214 Å². The van der Waals surface area contributed by atoms with Crippen molar-refractivity contribution in [2.24, 2.45) is 5.73 Å². The monoisotopic (exact) mass is 506 g/mol. The van der Waals surface area contributed by atoms with Crippen LogP contribution in [0.3, 0.4) is 0 Å². The molecular weight excluding hydrogens is 475 g/mol. The van der Waals surface area contributed by atoms with Crippen LogP contribution in [0.1, 0.15) is 31.3 Å². The quantitative estimate of drug-likeness (QED) is 0.319. The van der Waals surface area contributed by atoms with Gasteiger partial charge in [0, 0.05) is 24.8 Å². The molecule has 0 radical (unpaired) electrons. The molecule has 4 aromatic rings. The lowest BCUT2D eigenvalue weighted by atomic mass is 9.95. The molecule has 0 fully saturated rings. The van der Waals surface area contributed by atoms with Crippen LogP contribution in [0.4, 0.5) is 4.39 Å². The van der Waals surface area contributed by atoms with Gasteiger partial charge in [-0.25, -0.2) is 14.1 Å². The number of amides is 1. The largest absolute Gasteiger partial charge is 0.388 e. The third kappa shape index (κ3) is 6.43. The number of imidazole rings is 1. The molecule has 37 heavy (non-hydrogen) atoms. The third-order valence-corrected chi connectivity index (χ3v) is 5.96. The van der Waals surface area contributed by atoms with Gasteiger partial charge in [0.1, 0.15) is 30.9 Å². The number of carbonyl (C=O) groups excluding carboxylic acids is 1. The van der Waals surface area contributed by atoms with Crippen LogP contribution in [-0.4, -0.2) is 70.5 Å². The predicted molar refractivity (Wildman–Crippen MR) is 136 cm³/mol. The second-order valence-electron chi connectivity index (χ2n) is 9.41. The summed E-state index contributed by atoms with van der Waals surface area (Å²) in [5, 5.41) is 22.3. The smallest absolute Gasteiger partial charge is 0.245 e. The van der Waals surface area contributed by atoms with Crippen molar-refractivity contribution in [3.8, 4) is 11.3 Å². The lowest BCUT2D eigenvalue weighted by molar-refractivity contribution is -0.142. The third-order valence-electron chi connectivity index (χ3n) is 5.96.